The van der Waals surface area contributed by atoms with Crippen LogP contribution in [0.2, 0.25) is 0 Å². The second-order valence-electron chi connectivity index (χ2n) is 1.62. The highest BCUT2D eigenvalue weighted by Gasteiger charge is 1.71. The van der Waals surface area contributed by atoms with Crippen LogP contribution in [0.25, 0.3) is 0 Å². The fourth-order valence-corrected chi connectivity index (χ4v) is 0.228. The summed E-state index contributed by atoms with van der Waals surface area (Å²) >= 11 is 0. The van der Waals surface area contributed by atoms with Crippen LogP contribution >= 0.6 is 0 Å². The lowest BCUT2D eigenvalue weighted by Gasteiger charge is -1.80. The Morgan fingerprint density at radius 3 is 2.43 bits per heavy atom. The van der Waals surface area contributed by atoms with Crippen LogP contribution in [0.5, 0.6) is 0 Å². The van der Waals surface area contributed by atoms with Gasteiger partial charge in [-0.25, -0.2) is 5.53 Å². The Morgan fingerprint density at radius 2 is 2.29 bits per heavy atom. The fraction of sp³-hybridized carbons (Fsp3) is 0.600. The maximum atomic E-state index is 6.38. The van der Waals surface area contributed by atoms with Gasteiger partial charge in [0.2, 0.25) is 0 Å². The molecule has 0 aromatic carbocycles. The Labute approximate surface area is 43.7 Å². The molecule has 40 valence electrons. The van der Waals surface area contributed by atoms with Crippen molar-refractivity contribution in [2.24, 2.45) is 5.11 Å². The molecule has 0 aliphatic rings. The zero-order chi connectivity index (χ0) is 5.70. The molecular weight excluding hydrogens is 88.1 g/mol. The molecule has 0 heterocycles. The zero-order valence-corrected chi connectivity index (χ0v) is 4.73. The molecule has 0 rings (SSSR count). The molecule has 0 unspecified atom stereocenters. The van der Waals surface area contributed by atoms with Crippen LogP contribution in [0.4, 0.5) is 0 Å². The highest BCUT2D eigenvalue weighted by molar-refractivity contribution is 4.93. The maximum absolute atomic E-state index is 6.38. The summed E-state index contributed by atoms with van der Waals surface area (Å²) in [6, 6.07) is 0. The summed E-state index contributed by atoms with van der Waals surface area (Å²) in [6.07, 6.45) is 1.91. The van der Waals surface area contributed by atoms with E-state index < -0.39 is 0 Å². The van der Waals surface area contributed by atoms with Gasteiger partial charge in [0, 0.05) is 0 Å². The Morgan fingerprint density at radius 1 is 1.71 bits per heavy atom. The lowest BCUT2D eigenvalue weighted by atomic mass is 10.3. The molecule has 0 bridgehead atoms. The molecule has 0 atom stereocenters. The van der Waals surface area contributed by atoms with E-state index in [1.54, 1.807) is 0 Å². The molecular formula is C5H10N2. The molecule has 0 aromatic rings. The van der Waals surface area contributed by atoms with Crippen molar-refractivity contribution in [1.29, 1.82) is 5.53 Å². The van der Waals surface area contributed by atoms with Crippen molar-refractivity contribution in [3.63, 3.8) is 0 Å². The molecule has 1 N–H and O–H groups in total. The molecule has 0 radical (unpaired) electrons. The van der Waals surface area contributed by atoms with Gasteiger partial charge in [-0.2, -0.15) is 5.11 Å². The summed E-state index contributed by atoms with van der Waals surface area (Å²) in [5.41, 5.74) is 7.59. The topological polar surface area (TPSA) is 36.2 Å². The van der Waals surface area contributed by atoms with E-state index in [9.17, 15) is 0 Å². The molecule has 0 fully saturated rings. The third-order valence-corrected chi connectivity index (χ3v) is 0.591. The van der Waals surface area contributed by atoms with E-state index in [1.807, 2.05) is 19.9 Å². The van der Waals surface area contributed by atoms with E-state index in [-0.39, 0.29) is 0 Å². The first kappa shape index (κ1) is 6.34. The van der Waals surface area contributed by atoms with Crippen molar-refractivity contribution in [1.82, 2.24) is 0 Å². The van der Waals surface area contributed by atoms with Gasteiger partial charge in [0.25, 0.3) is 0 Å². The molecule has 7 heavy (non-hydrogen) atoms. The highest BCUT2D eigenvalue weighted by atomic mass is 14.9. The van der Waals surface area contributed by atoms with E-state index in [2.05, 4.69) is 5.11 Å². The van der Waals surface area contributed by atoms with Gasteiger partial charge < -0.3 is 0 Å². The van der Waals surface area contributed by atoms with E-state index in [4.69, 9.17) is 5.53 Å². The Balaban J connectivity index is 3.25. The van der Waals surface area contributed by atoms with Gasteiger partial charge in [0.1, 0.15) is 0 Å². The lowest BCUT2D eigenvalue weighted by Crippen LogP contribution is -1.69. The van der Waals surface area contributed by atoms with Gasteiger partial charge in [-0.05, 0) is 13.8 Å². The number of nitrogens with one attached hydrogen (secondary N) is 1. The summed E-state index contributed by atoms with van der Waals surface area (Å²) < 4.78 is 0. The minimum absolute atomic E-state index is 0.530. The van der Waals surface area contributed by atoms with Gasteiger partial charge in [-0.15, -0.1) is 0 Å². The Kier molecular flexibility index (Phi) is 3.19. The number of hydrogen-bond acceptors (Lipinski definition) is 2. The van der Waals surface area contributed by atoms with Crippen LogP contribution in [0, 0.1) is 5.53 Å². The van der Waals surface area contributed by atoms with Crippen LogP contribution in [0.1, 0.15) is 13.8 Å². The third kappa shape index (κ3) is 5.34. The second-order valence-corrected chi connectivity index (χ2v) is 1.62. The van der Waals surface area contributed by atoms with Crippen molar-refractivity contribution in [3.8, 4) is 0 Å². The molecule has 0 aromatic heterocycles. The average Bonchev–Trinajstić information content (AvgIpc) is 1.61. The summed E-state index contributed by atoms with van der Waals surface area (Å²) in [6.45, 7) is 4.51. The van der Waals surface area contributed by atoms with Crippen molar-refractivity contribution in [3.05, 3.63) is 11.6 Å². The van der Waals surface area contributed by atoms with Gasteiger partial charge in [0.15, 0.2) is 0 Å². The maximum Gasteiger partial charge on any atom is 0.0779 e. The first-order valence-corrected chi connectivity index (χ1v) is 2.24. The number of hydrogen-bond donors (Lipinski definition) is 1. The van der Waals surface area contributed by atoms with Gasteiger partial charge in [-0.3, -0.25) is 0 Å². The van der Waals surface area contributed by atoms with Crippen LogP contribution in [0.15, 0.2) is 16.8 Å². The first-order chi connectivity index (χ1) is 3.27. The Bertz CT molecular complexity index is 80.1. The smallest absolute Gasteiger partial charge is 0.0779 e. The third-order valence-electron chi connectivity index (χ3n) is 0.591. The SMILES string of the molecule is CC(C)=CCN=N. The molecule has 0 aliphatic heterocycles. The van der Waals surface area contributed by atoms with Gasteiger partial charge in [0.05, 0.1) is 6.54 Å². The average molecular weight is 98.1 g/mol. The van der Waals surface area contributed by atoms with E-state index >= 15 is 0 Å². The van der Waals surface area contributed by atoms with Crippen LogP contribution in [0.3, 0.4) is 0 Å². The molecule has 0 amide bonds. The first-order valence-electron chi connectivity index (χ1n) is 2.24. The summed E-state index contributed by atoms with van der Waals surface area (Å²) in [5, 5.41) is 3.15. The normalized spacial score (nSPS) is 7.71. The van der Waals surface area contributed by atoms with E-state index in [0.717, 1.165) is 0 Å². The van der Waals surface area contributed by atoms with E-state index in [0.29, 0.717) is 6.54 Å². The Hall–Kier alpha value is -0.660. The standard InChI is InChI=1S/C5H10N2/c1-5(2)3-4-7-6/h3,6H,4H2,1-2H3. The lowest BCUT2D eigenvalue weighted by molar-refractivity contribution is 0.994. The number of rotatable bonds is 2. The second kappa shape index (κ2) is 3.53. The molecule has 0 spiro atoms. The monoisotopic (exact) mass is 98.1 g/mol. The largest absolute Gasteiger partial charge is 0.210 e. The van der Waals surface area contributed by atoms with Crippen LogP contribution < -0.4 is 0 Å². The summed E-state index contributed by atoms with van der Waals surface area (Å²) in [5.74, 6) is 0. The summed E-state index contributed by atoms with van der Waals surface area (Å²) in [4.78, 5) is 0. The minimum Gasteiger partial charge on any atom is -0.210 e. The van der Waals surface area contributed by atoms with Gasteiger partial charge in [-0.1, -0.05) is 11.6 Å². The van der Waals surface area contributed by atoms with Crippen molar-refractivity contribution in [2.75, 3.05) is 6.54 Å². The van der Waals surface area contributed by atoms with Crippen molar-refractivity contribution in [2.45, 2.75) is 13.8 Å². The zero-order valence-electron chi connectivity index (χ0n) is 4.73. The van der Waals surface area contributed by atoms with Crippen LogP contribution in [-0.2, 0) is 0 Å². The van der Waals surface area contributed by atoms with Crippen molar-refractivity contribution >= 4 is 0 Å². The highest BCUT2D eigenvalue weighted by Crippen LogP contribution is 1.86. The number of nitrogens with zero attached hydrogens (tertiary/aromatic N) is 1. The fourth-order valence-electron chi connectivity index (χ4n) is 0.228. The quantitative estimate of drug-likeness (QED) is 0.405. The molecule has 0 aliphatic carbocycles. The van der Waals surface area contributed by atoms with Gasteiger partial charge >= 0.3 is 0 Å². The van der Waals surface area contributed by atoms with Crippen LogP contribution in [-0.4, -0.2) is 6.54 Å². The molecule has 0 saturated carbocycles. The predicted molar refractivity (Wildman–Crippen MR) is 29.4 cm³/mol. The predicted octanol–water partition coefficient (Wildman–Crippen LogP) is 1.98. The summed E-state index contributed by atoms with van der Waals surface area (Å²) in [7, 11) is 0. The molecule has 0 saturated heterocycles. The van der Waals surface area contributed by atoms with E-state index in [1.165, 1.54) is 5.57 Å². The van der Waals surface area contributed by atoms with Crippen molar-refractivity contribution < 1.29 is 0 Å². The molecule has 2 heteroatoms. The number of allylic oxidation sites excluding steroid dienone is 1. The minimum atomic E-state index is 0.530. The molecule has 2 nitrogen and oxygen atoms in total.